The van der Waals surface area contributed by atoms with E-state index in [1.165, 1.54) is 12.1 Å². The van der Waals surface area contributed by atoms with E-state index in [1.807, 2.05) is 41.3 Å². The molecule has 0 aliphatic carbocycles. The van der Waals surface area contributed by atoms with Crippen molar-refractivity contribution in [1.29, 1.82) is 0 Å². The molecule has 10 nitrogen and oxygen atoms in total. The van der Waals surface area contributed by atoms with E-state index in [9.17, 15) is 10.1 Å². The molecule has 4 aromatic rings. The molecule has 0 spiro atoms. The van der Waals surface area contributed by atoms with Crippen LogP contribution in [0.5, 0.6) is 0 Å². The van der Waals surface area contributed by atoms with E-state index in [1.54, 1.807) is 12.1 Å². The number of ether oxygens (including phenoxy) is 1. The summed E-state index contributed by atoms with van der Waals surface area (Å²) in [7, 11) is 0. The average Bonchev–Trinajstić information content (AvgIpc) is 3.51. The highest BCUT2D eigenvalue weighted by Gasteiger charge is 2.17. The summed E-state index contributed by atoms with van der Waals surface area (Å²) >= 11 is 0. The summed E-state index contributed by atoms with van der Waals surface area (Å²) in [5.74, 6) is 0.199. The Labute approximate surface area is 183 Å². The highest BCUT2D eigenvalue weighted by Crippen LogP contribution is 2.28. The lowest BCUT2D eigenvalue weighted by Gasteiger charge is -2.22. The van der Waals surface area contributed by atoms with E-state index in [0.717, 1.165) is 42.7 Å². The van der Waals surface area contributed by atoms with Crippen molar-refractivity contribution >= 4 is 17.4 Å². The highest BCUT2D eigenvalue weighted by atomic mass is 16.6. The molecule has 1 aliphatic heterocycles. The Morgan fingerprint density at radius 3 is 2.72 bits per heavy atom. The Morgan fingerprint density at radius 2 is 1.94 bits per heavy atom. The van der Waals surface area contributed by atoms with Crippen LogP contribution in [0.15, 0.2) is 65.3 Å². The minimum Gasteiger partial charge on any atom is -0.403 e. The van der Waals surface area contributed by atoms with Crippen molar-refractivity contribution in [2.75, 3.05) is 11.9 Å². The number of anilines is 2. The van der Waals surface area contributed by atoms with Gasteiger partial charge in [-0.15, -0.1) is 5.10 Å². The summed E-state index contributed by atoms with van der Waals surface area (Å²) in [4.78, 5) is 10.5. The second kappa shape index (κ2) is 8.60. The first-order valence-corrected chi connectivity index (χ1v) is 10.3. The van der Waals surface area contributed by atoms with Crippen LogP contribution >= 0.6 is 0 Å². The molecule has 32 heavy (non-hydrogen) atoms. The fourth-order valence-corrected chi connectivity index (χ4v) is 3.59. The molecular formula is C22H20N6O4. The van der Waals surface area contributed by atoms with Crippen molar-refractivity contribution in [3.8, 4) is 22.6 Å². The molecule has 5 rings (SSSR count). The molecule has 0 amide bonds. The van der Waals surface area contributed by atoms with Crippen molar-refractivity contribution in [3.63, 3.8) is 0 Å². The van der Waals surface area contributed by atoms with Crippen molar-refractivity contribution in [1.82, 2.24) is 20.0 Å². The highest BCUT2D eigenvalue weighted by molar-refractivity contribution is 5.66. The molecule has 1 saturated heterocycles. The topological polar surface area (TPSA) is 121 Å². The van der Waals surface area contributed by atoms with Crippen LogP contribution in [-0.2, 0) is 4.74 Å². The fourth-order valence-electron chi connectivity index (χ4n) is 3.59. The minimum absolute atomic E-state index is 0.0104. The van der Waals surface area contributed by atoms with Gasteiger partial charge in [0.05, 0.1) is 11.1 Å². The molecular weight excluding hydrogens is 412 g/mol. The number of non-ortho nitro benzene ring substituents is 1. The number of rotatable bonds is 6. The summed E-state index contributed by atoms with van der Waals surface area (Å²) in [6.07, 6.45) is 7.08. The number of hydrogen-bond acceptors (Lipinski definition) is 8. The van der Waals surface area contributed by atoms with Gasteiger partial charge in [-0.25, -0.2) is 4.68 Å². The van der Waals surface area contributed by atoms with Gasteiger partial charge in [0.2, 0.25) is 5.89 Å². The summed E-state index contributed by atoms with van der Waals surface area (Å²) in [5, 5.41) is 26.4. The lowest BCUT2D eigenvalue weighted by molar-refractivity contribution is -0.384. The number of nitrogens with one attached hydrogen (secondary N) is 1. The van der Waals surface area contributed by atoms with Gasteiger partial charge in [-0.3, -0.25) is 10.1 Å². The van der Waals surface area contributed by atoms with Crippen LogP contribution in [0.4, 0.5) is 17.4 Å². The van der Waals surface area contributed by atoms with Crippen molar-refractivity contribution in [2.24, 2.45) is 0 Å². The van der Waals surface area contributed by atoms with Gasteiger partial charge < -0.3 is 14.5 Å². The molecule has 1 unspecified atom stereocenters. The summed E-state index contributed by atoms with van der Waals surface area (Å²) < 4.78 is 13.3. The SMILES string of the molecule is O=[N+]([O-])c1cccc(-c2nnc(Nc3ccc(-c4cnn(C5CCCCO5)c4)cc3)o2)c1. The van der Waals surface area contributed by atoms with Gasteiger partial charge in [0.15, 0.2) is 0 Å². The number of benzene rings is 2. The second-order valence-electron chi connectivity index (χ2n) is 7.45. The second-order valence-corrected chi connectivity index (χ2v) is 7.45. The Kier molecular flexibility index (Phi) is 5.34. The number of nitro benzene ring substituents is 1. The van der Waals surface area contributed by atoms with E-state index >= 15 is 0 Å². The lowest BCUT2D eigenvalue weighted by atomic mass is 10.1. The van der Waals surface area contributed by atoms with Crippen LogP contribution in [0.3, 0.4) is 0 Å². The molecule has 0 saturated carbocycles. The first-order valence-electron chi connectivity index (χ1n) is 10.3. The van der Waals surface area contributed by atoms with Crippen LogP contribution < -0.4 is 5.32 Å². The van der Waals surface area contributed by atoms with E-state index < -0.39 is 4.92 Å². The molecule has 10 heteroatoms. The zero-order valence-corrected chi connectivity index (χ0v) is 17.0. The predicted octanol–water partition coefficient (Wildman–Crippen LogP) is 4.95. The lowest BCUT2D eigenvalue weighted by Crippen LogP contribution is -2.18. The quantitative estimate of drug-likeness (QED) is 0.335. The summed E-state index contributed by atoms with van der Waals surface area (Å²) in [6, 6.07) is 14.0. The Hall–Kier alpha value is -4.05. The third kappa shape index (κ3) is 4.21. The van der Waals surface area contributed by atoms with Gasteiger partial charge in [0.25, 0.3) is 5.69 Å². The summed E-state index contributed by atoms with van der Waals surface area (Å²) in [6.45, 7) is 0.777. The molecule has 0 radical (unpaired) electrons. The zero-order valence-electron chi connectivity index (χ0n) is 17.0. The van der Waals surface area contributed by atoms with Crippen LogP contribution in [0.25, 0.3) is 22.6 Å². The standard InChI is InChI=1S/C22H20N6O4/c29-28(30)19-5-3-4-16(12-19)21-25-26-22(32-21)24-18-9-7-15(8-10-18)17-13-23-27(14-17)20-6-1-2-11-31-20/h3-5,7-10,12-14,20H,1-2,6,11H2,(H,24,26). The predicted molar refractivity (Wildman–Crippen MR) is 116 cm³/mol. The maximum Gasteiger partial charge on any atom is 0.320 e. The van der Waals surface area contributed by atoms with E-state index in [-0.39, 0.29) is 23.8 Å². The van der Waals surface area contributed by atoms with Crippen LogP contribution in [0, 0.1) is 10.1 Å². The van der Waals surface area contributed by atoms with Gasteiger partial charge in [-0.2, -0.15) is 5.10 Å². The first kappa shape index (κ1) is 19.9. The third-order valence-electron chi connectivity index (χ3n) is 5.25. The monoisotopic (exact) mass is 432 g/mol. The zero-order chi connectivity index (χ0) is 21.9. The van der Waals surface area contributed by atoms with Crippen molar-refractivity contribution in [2.45, 2.75) is 25.5 Å². The first-order chi connectivity index (χ1) is 15.7. The molecule has 3 heterocycles. The fraction of sp³-hybridized carbons (Fsp3) is 0.227. The maximum atomic E-state index is 11.0. The molecule has 162 valence electrons. The summed E-state index contributed by atoms with van der Waals surface area (Å²) in [5.41, 5.74) is 3.25. The van der Waals surface area contributed by atoms with Crippen molar-refractivity contribution < 1.29 is 14.1 Å². The Morgan fingerprint density at radius 1 is 1.06 bits per heavy atom. The van der Waals surface area contributed by atoms with E-state index in [0.29, 0.717) is 5.56 Å². The third-order valence-corrected chi connectivity index (χ3v) is 5.25. The van der Waals surface area contributed by atoms with E-state index in [4.69, 9.17) is 9.15 Å². The molecule has 0 bridgehead atoms. The number of nitrogens with zero attached hydrogens (tertiary/aromatic N) is 5. The Balaban J connectivity index is 1.27. The number of nitro groups is 1. The number of aromatic nitrogens is 4. The van der Waals surface area contributed by atoms with Crippen LogP contribution in [0.1, 0.15) is 25.5 Å². The molecule has 2 aromatic carbocycles. The number of hydrogen-bond donors (Lipinski definition) is 1. The molecule has 1 fully saturated rings. The van der Waals surface area contributed by atoms with Gasteiger partial charge >= 0.3 is 6.01 Å². The molecule has 1 aliphatic rings. The van der Waals surface area contributed by atoms with Gasteiger partial charge in [0.1, 0.15) is 6.23 Å². The van der Waals surface area contributed by atoms with Crippen LogP contribution in [0.2, 0.25) is 0 Å². The largest absolute Gasteiger partial charge is 0.403 e. The maximum absolute atomic E-state index is 11.0. The minimum atomic E-state index is -0.466. The van der Waals surface area contributed by atoms with Gasteiger partial charge in [0, 0.05) is 41.8 Å². The molecule has 2 aromatic heterocycles. The van der Waals surface area contributed by atoms with Crippen molar-refractivity contribution in [3.05, 3.63) is 71.0 Å². The van der Waals surface area contributed by atoms with Crippen LogP contribution in [-0.4, -0.2) is 31.5 Å². The Bertz CT molecular complexity index is 1230. The normalized spacial score (nSPS) is 16.1. The smallest absolute Gasteiger partial charge is 0.320 e. The molecule has 1 atom stereocenters. The average molecular weight is 432 g/mol. The van der Waals surface area contributed by atoms with Gasteiger partial charge in [-0.1, -0.05) is 23.3 Å². The van der Waals surface area contributed by atoms with Gasteiger partial charge in [-0.05, 0) is 43.0 Å². The van der Waals surface area contributed by atoms with E-state index in [2.05, 4.69) is 20.6 Å². The molecule has 1 N–H and O–H groups in total.